The van der Waals surface area contributed by atoms with Crippen LogP contribution in [0.2, 0.25) is 0 Å². The quantitative estimate of drug-likeness (QED) is 0.543. The molecule has 1 aliphatic heterocycles. The molecule has 6 nitrogen and oxygen atoms in total. The Morgan fingerprint density at radius 1 is 1.00 bits per heavy atom. The van der Waals surface area contributed by atoms with Gasteiger partial charge in [0.1, 0.15) is 6.04 Å². The Balaban J connectivity index is 1.54. The maximum atomic E-state index is 12.9. The fourth-order valence-electron chi connectivity index (χ4n) is 4.30. The molecule has 0 bridgehead atoms. The number of rotatable bonds is 6. The van der Waals surface area contributed by atoms with Gasteiger partial charge in [-0.1, -0.05) is 42.8 Å². The van der Waals surface area contributed by atoms with E-state index in [0.29, 0.717) is 23.2 Å². The first kappa shape index (κ1) is 22.3. The topological polar surface area (TPSA) is 86.7 Å². The molecule has 2 amide bonds. The molecule has 33 heavy (non-hydrogen) atoms. The molecule has 6 heteroatoms. The number of nitrogens with zero attached hydrogens (tertiary/aromatic N) is 1. The number of anilines is 1. The smallest absolute Gasteiger partial charge is 0.326 e. The fraction of sp³-hybridized carbons (Fsp3) is 0.222. The van der Waals surface area contributed by atoms with E-state index in [1.54, 1.807) is 25.1 Å². The number of fused-ring (bicyclic) bond motifs is 1. The van der Waals surface area contributed by atoms with Crippen LogP contribution in [0.15, 0.2) is 66.7 Å². The number of hydrogen-bond donors (Lipinski definition) is 2. The molecule has 0 aromatic heterocycles. The van der Waals surface area contributed by atoms with Gasteiger partial charge in [-0.05, 0) is 73.4 Å². The third-order valence-electron chi connectivity index (χ3n) is 6.18. The number of nitrogens with one attached hydrogen (secondary N) is 1. The largest absolute Gasteiger partial charge is 0.480 e. The molecular formula is C27H26N2O4. The second-order valence-corrected chi connectivity index (χ2v) is 8.35. The standard InChI is InChI=1S/C27H26N2O4/c1-4-24(27(32)33)29-17(3)23-15-20(11-14-22(23)26(29)31)18-9-12-21(13-10-18)28-25(30)19-7-5-16(2)6-8-19/h5-15,17,24H,4H2,1-3H3,(H,28,30)(H,32,33). The number of amides is 2. The van der Waals surface area contributed by atoms with E-state index in [0.717, 1.165) is 22.3 Å². The predicted molar refractivity (Wildman–Crippen MR) is 127 cm³/mol. The van der Waals surface area contributed by atoms with E-state index >= 15 is 0 Å². The zero-order valence-electron chi connectivity index (χ0n) is 18.8. The summed E-state index contributed by atoms with van der Waals surface area (Å²) in [7, 11) is 0. The minimum absolute atomic E-state index is 0.170. The summed E-state index contributed by atoms with van der Waals surface area (Å²) in [5, 5.41) is 12.4. The molecule has 2 unspecified atom stereocenters. The maximum absolute atomic E-state index is 12.9. The van der Waals surface area contributed by atoms with Crippen molar-refractivity contribution in [3.05, 3.63) is 89.0 Å². The molecule has 4 rings (SSSR count). The van der Waals surface area contributed by atoms with E-state index in [-0.39, 0.29) is 17.9 Å². The first-order chi connectivity index (χ1) is 15.8. The zero-order valence-corrected chi connectivity index (χ0v) is 18.8. The van der Waals surface area contributed by atoms with Crippen LogP contribution in [0, 0.1) is 6.92 Å². The van der Waals surface area contributed by atoms with Gasteiger partial charge in [-0.15, -0.1) is 0 Å². The van der Waals surface area contributed by atoms with Gasteiger partial charge in [0.2, 0.25) is 0 Å². The Morgan fingerprint density at radius 3 is 2.24 bits per heavy atom. The number of benzene rings is 3. The number of carbonyl (C=O) groups excluding carboxylic acids is 2. The maximum Gasteiger partial charge on any atom is 0.326 e. The Kier molecular flexibility index (Phi) is 6.01. The van der Waals surface area contributed by atoms with Crippen LogP contribution in [0.3, 0.4) is 0 Å². The summed E-state index contributed by atoms with van der Waals surface area (Å²) in [4.78, 5) is 38.4. The molecule has 0 aliphatic carbocycles. The highest BCUT2D eigenvalue weighted by molar-refractivity contribution is 6.04. The highest BCUT2D eigenvalue weighted by Gasteiger charge is 2.40. The highest BCUT2D eigenvalue weighted by Crippen LogP contribution is 2.38. The van der Waals surface area contributed by atoms with Crippen LogP contribution in [0.25, 0.3) is 11.1 Å². The molecular weight excluding hydrogens is 416 g/mol. The average molecular weight is 443 g/mol. The zero-order chi connectivity index (χ0) is 23.7. The normalized spacial score (nSPS) is 15.8. The molecule has 0 fully saturated rings. The Hall–Kier alpha value is -3.93. The lowest BCUT2D eigenvalue weighted by atomic mass is 9.97. The van der Waals surface area contributed by atoms with E-state index in [2.05, 4.69) is 5.32 Å². The van der Waals surface area contributed by atoms with Gasteiger partial charge < -0.3 is 15.3 Å². The Bertz CT molecular complexity index is 1220. The van der Waals surface area contributed by atoms with Gasteiger partial charge in [0.15, 0.2) is 0 Å². The van der Waals surface area contributed by atoms with Crippen LogP contribution in [-0.2, 0) is 4.79 Å². The molecule has 1 heterocycles. The van der Waals surface area contributed by atoms with Crippen molar-refractivity contribution < 1.29 is 19.5 Å². The Morgan fingerprint density at radius 2 is 1.64 bits per heavy atom. The van der Waals surface area contributed by atoms with Crippen LogP contribution in [0.4, 0.5) is 5.69 Å². The van der Waals surface area contributed by atoms with Crippen molar-refractivity contribution in [1.29, 1.82) is 0 Å². The summed E-state index contributed by atoms with van der Waals surface area (Å²) in [6.07, 6.45) is 0.349. The van der Waals surface area contributed by atoms with Gasteiger partial charge in [0, 0.05) is 16.8 Å². The summed E-state index contributed by atoms with van der Waals surface area (Å²) < 4.78 is 0. The Labute approximate surface area is 192 Å². The van der Waals surface area contributed by atoms with Gasteiger partial charge in [-0.3, -0.25) is 9.59 Å². The summed E-state index contributed by atoms with van der Waals surface area (Å²) in [6.45, 7) is 5.61. The molecule has 0 radical (unpaired) electrons. The van der Waals surface area contributed by atoms with Crippen molar-refractivity contribution >= 4 is 23.5 Å². The minimum atomic E-state index is -0.992. The van der Waals surface area contributed by atoms with Gasteiger partial charge >= 0.3 is 5.97 Å². The second-order valence-electron chi connectivity index (χ2n) is 8.35. The van der Waals surface area contributed by atoms with E-state index < -0.39 is 12.0 Å². The van der Waals surface area contributed by atoms with Crippen LogP contribution < -0.4 is 5.32 Å². The first-order valence-electron chi connectivity index (χ1n) is 11.0. The highest BCUT2D eigenvalue weighted by atomic mass is 16.4. The summed E-state index contributed by atoms with van der Waals surface area (Å²) in [5.74, 6) is -1.40. The number of carboxylic acid groups (broad SMARTS) is 1. The van der Waals surface area contributed by atoms with Crippen molar-refractivity contribution in [3.8, 4) is 11.1 Å². The molecule has 2 atom stereocenters. The number of hydrogen-bond acceptors (Lipinski definition) is 3. The second kappa shape index (κ2) is 8.90. The lowest BCUT2D eigenvalue weighted by Gasteiger charge is -2.28. The number of aliphatic carboxylic acids is 1. The van der Waals surface area contributed by atoms with Crippen molar-refractivity contribution in [3.63, 3.8) is 0 Å². The van der Waals surface area contributed by atoms with E-state index in [9.17, 15) is 19.5 Å². The molecule has 0 saturated carbocycles. The third kappa shape index (κ3) is 4.24. The molecule has 1 aliphatic rings. The van der Waals surface area contributed by atoms with Crippen molar-refractivity contribution in [2.75, 3.05) is 5.32 Å². The minimum Gasteiger partial charge on any atom is -0.480 e. The van der Waals surface area contributed by atoms with Gasteiger partial charge in [0.25, 0.3) is 11.8 Å². The van der Waals surface area contributed by atoms with Gasteiger partial charge in [0.05, 0.1) is 6.04 Å². The SMILES string of the molecule is CCC(C(=O)O)N1C(=O)c2ccc(-c3ccc(NC(=O)c4ccc(C)cc4)cc3)cc2C1C. The average Bonchev–Trinajstić information content (AvgIpc) is 3.05. The molecule has 0 spiro atoms. The molecule has 0 saturated heterocycles. The number of carboxylic acids is 1. The van der Waals surface area contributed by atoms with E-state index in [1.807, 2.05) is 62.4 Å². The van der Waals surface area contributed by atoms with Crippen LogP contribution in [0.1, 0.15) is 58.2 Å². The predicted octanol–water partition coefficient (Wildman–Crippen LogP) is 5.29. The molecule has 2 N–H and O–H groups in total. The molecule has 3 aromatic rings. The van der Waals surface area contributed by atoms with Gasteiger partial charge in [-0.2, -0.15) is 0 Å². The molecule has 168 valence electrons. The van der Waals surface area contributed by atoms with Crippen LogP contribution >= 0.6 is 0 Å². The van der Waals surface area contributed by atoms with Crippen molar-refractivity contribution in [2.24, 2.45) is 0 Å². The summed E-state index contributed by atoms with van der Waals surface area (Å²) >= 11 is 0. The first-order valence-corrected chi connectivity index (χ1v) is 11.0. The molecule has 3 aromatic carbocycles. The van der Waals surface area contributed by atoms with E-state index in [4.69, 9.17) is 0 Å². The lowest BCUT2D eigenvalue weighted by Crippen LogP contribution is -2.42. The monoisotopic (exact) mass is 442 g/mol. The van der Waals surface area contributed by atoms with Gasteiger partial charge in [-0.25, -0.2) is 4.79 Å². The van der Waals surface area contributed by atoms with Crippen LogP contribution in [0.5, 0.6) is 0 Å². The lowest BCUT2D eigenvalue weighted by molar-refractivity contribution is -0.143. The van der Waals surface area contributed by atoms with E-state index in [1.165, 1.54) is 4.90 Å². The van der Waals surface area contributed by atoms with Crippen molar-refractivity contribution in [1.82, 2.24) is 4.90 Å². The number of carbonyl (C=O) groups is 3. The number of aryl methyl sites for hydroxylation is 1. The fourth-order valence-corrected chi connectivity index (χ4v) is 4.30. The summed E-state index contributed by atoms with van der Waals surface area (Å²) in [6, 6.07) is 19.3. The summed E-state index contributed by atoms with van der Waals surface area (Å²) in [5.41, 5.74) is 5.62. The van der Waals surface area contributed by atoms with Crippen molar-refractivity contribution in [2.45, 2.75) is 39.3 Å². The van der Waals surface area contributed by atoms with Crippen LogP contribution in [-0.4, -0.2) is 33.8 Å². The third-order valence-corrected chi connectivity index (χ3v) is 6.18.